The highest BCUT2D eigenvalue weighted by atomic mass is 32.1. The zero-order chi connectivity index (χ0) is 34.0. The predicted molar refractivity (Wildman–Crippen MR) is 172 cm³/mol. The largest absolute Gasteiger partial charge is 0.415 e. The number of nitrogens with one attached hydrogen (secondary N) is 1. The number of benzene rings is 3. The predicted octanol–water partition coefficient (Wildman–Crippen LogP) is 8.37. The van der Waals surface area contributed by atoms with E-state index in [0.29, 0.717) is 51.3 Å². The van der Waals surface area contributed by atoms with Crippen molar-refractivity contribution in [1.29, 1.82) is 0 Å². The Morgan fingerprint density at radius 3 is 2.41 bits per heavy atom. The van der Waals surface area contributed by atoms with Crippen LogP contribution in [-0.4, -0.2) is 46.5 Å². The fraction of sp³-hybridized carbons (Fsp3) is 0.188. The van der Waals surface area contributed by atoms with Crippen molar-refractivity contribution in [2.75, 3.05) is 29.4 Å². The van der Waals surface area contributed by atoms with Gasteiger partial charge >= 0.3 is 5.97 Å². The van der Waals surface area contributed by atoms with E-state index in [9.17, 15) is 31.5 Å². The van der Waals surface area contributed by atoms with E-state index in [0.717, 1.165) is 35.8 Å². The number of esters is 1. The quantitative estimate of drug-likeness (QED) is 0.0464. The Kier molecular flexibility index (Phi) is 7.59. The van der Waals surface area contributed by atoms with E-state index in [-0.39, 0.29) is 16.6 Å². The number of azo groups is 1. The SMILES string of the molecule is O=C(Oc1c(F)c(F)c(F)c(F)c1F)c1cc2c3c(ccc2[nH]1)N(C(=O)c1nc2ccc(/N=N/c4cnc(N5CCCC5)s4)cc2s1)CC3. The highest BCUT2D eigenvalue weighted by Gasteiger charge is 2.32. The van der Waals surface area contributed by atoms with Crippen molar-refractivity contribution >= 4 is 77.2 Å². The van der Waals surface area contributed by atoms with Crippen LogP contribution in [-0.2, 0) is 6.42 Å². The Labute approximate surface area is 280 Å². The van der Waals surface area contributed by atoms with E-state index in [1.807, 2.05) is 6.07 Å². The van der Waals surface area contributed by atoms with Crippen molar-refractivity contribution in [3.63, 3.8) is 0 Å². The molecule has 2 aliphatic heterocycles. The number of fused-ring (bicyclic) bond motifs is 4. The first-order valence-electron chi connectivity index (χ1n) is 14.9. The summed E-state index contributed by atoms with van der Waals surface area (Å²) in [6.45, 7) is 2.29. The monoisotopic (exact) mass is 709 g/mol. The summed E-state index contributed by atoms with van der Waals surface area (Å²) in [6.07, 6.45) is 4.42. The van der Waals surface area contributed by atoms with Crippen LogP contribution in [0.15, 0.2) is 52.8 Å². The van der Waals surface area contributed by atoms with E-state index in [1.54, 1.807) is 35.4 Å². The molecule has 0 unspecified atom stereocenters. The number of anilines is 2. The number of aromatic nitrogens is 3. The summed E-state index contributed by atoms with van der Waals surface area (Å²) in [6, 6.07) is 9.96. The van der Waals surface area contributed by atoms with Crippen molar-refractivity contribution in [2.45, 2.75) is 19.3 Å². The number of carbonyl (C=O) groups is 2. The Bertz CT molecular complexity index is 2340. The van der Waals surface area contributed by atoms with Gasteiger partial charge in [-0.05, 0) is 61.2 Å². The first-order valence-corrected chi connectivity index (χ1v) is 16.5. The highest BCUT2D eigenvalue weighted by Crippen LogP contribution is 2.38. The molecule has 0 radical (unpaired) electrons. The molecule has 0 atom stereocenters. The van der Waals surface area contributed by atoms with Gasteiger partial charge in [0.05, 0.1) is 22.1 Å². The average molecular weight is 710 g/mol. The molecule has 0 aliphatic carbocycles. The number of rotatable bonds is 6. The second-order valence-electron chi connectivity index (χ2n) is 11.2. The van der Waals surface area contributed by atoms with Crippen LogP contribution in [0.1, 0.15) is 38.7 Å². The maximum atomic E-state index is 14.1. The Morgan fingerprint density at radius 1 is 0.878 bits per heavy atom. The lowest BCUT2D eigenvalue weighted by Gasteiger charge is -2.15. The molecule has 2 aliphatic rings. The fourth-order valence-corrected chi connectivity index (χ4v) is 7.64. The molecule has 0 bridgehead atoms. The van der Waals surface area contributed by atoms with Gasteiger partial charge in [-0.15, -0.1) is 21.6 Å². The second-order valence-corrected chi connectivity index (χ2v) is 13.3. The molecule has 3 aromatic carbocycles. The summed E-state index contributed by atoms with van der Waals surface area (Å²) >= 11 is 2.70. The molecule has 0 spiro atoms. The van der Waals surface area contributed by atoms with Crippen LogP contribution in [0.5, 0.6) is 5.75 Å². The van der Waals surface area contributed by atoms with Gasteiger partial charge in [0.1, 0.15) is 5.69 Å². The summed E-state index contributed by atoms with van der Waals surface area (Å²) in [4.78, 5) is 41.9. The number of nitrogens with zero attached hydrogens (tertiary/aromatic N) is 6. The van der Waals surface area contributed by atoms with Gasteiger partial charge < -0.3 is 19.5 Å². The molecule has 1 saturated heterocycles. The molecule has 5 heterocycles. The van der Waals surface area contributed by atoms with Crippen LogP contribution in [0, 0.1) is 29.1 Å². The number of thiazole rings is 2. The normalized spacial score (nSPS) is 14.6. The van der Waals surface area contributed by atoms with Gasteiger partial charge in [-0.3, -0.25) is 4.79 Å². The van der Waals surface area contributed by atoms with Gasteiger partial charge in [-0.2, -0.15) is 8.78 Å². The fourth-order valence-electron chi connectivity index (χ4n) is 5.90. The van der Waals surface area contributed by atoms with Crippen molar-refractivity contribution in [1.82, 2.24) is 15.0 Å². The molecular weight excluding hydrogens is 690 g/mol. The molecule has 248 valence electrons. The van der Waals surface area contributed by atoms with E-state index in [4.69, 9.17) is 0 Å². The standard InChI is InChI=1S/C32H20F5N7O3S2/c33-23-24(34)26(36)28(27(37)25(23)35)47-31(46)19-12-16-15-7-10-44(20(15)6-5-17(16)39-19)30(45)29-40-18-4-3-14(11-21(18)48-29)41-42-22-13-38-32(49-22)43-8-1-2-9-43/h3-6,11-13,39H,1-2,7-10H2/b42-41+. The number of ether oxygens (including phenoxy) is 1. The third-order valence-electron chi connectivity index (χ3n) is 8.27. The number of H-pyrrole nitrogens is 1. The van der Waals surface area contributed by atoms with Crippen LogP contribution in [0.25, 0.3) is 21.1 Å². The first kappa shape index (κ1) is 31.0. The van der Waals surface area contributed by atoms with Gasteiger partial charge in [-0.25, -0.2) is 27.9 Å². The molecular formula is C32H20F5N7O3S2. The zero-order valence-corrected chi connectivity index (χ0v) is 26.5. The number of aromatic amines is 1. The lowest BCUT2D eigenvalue weighted by molar-refractivity contribution is 0.0710. The zero-order valence-electron chi connectivity index (χ0n) is 24.9. The van der Waals surface area contributed by atoms with Crippen molar-refractivity contribution in [2.24, 2.45) is 10.2 Å². The Balaban J connectivity index is 1.01. The minimum atomic E-state index is -2.37. The van der Waals surface area contributed by atoms with E-state index in [2.05, 4.69) is 34.8 Å². The number of halogens is 5. The maximum Gasteiger partial charge on any atom is 0.360 e. The smallest absolute Gasteiger partial charge is 0.360 e. The van der Waals surface area contributed by atoms with Crippen molar-refractivity contribution < 1.29 is 36.3 Å². The first-order chi connectivity index (χ1) is 23.7. The lowest BCUT2D eigenvalue weighted by Crippen LogP contribution is -2.28. The lowest BCUT2D eigenvalue weighted by atomic mass is 10.1. The molecule has 0 saturated carbocycles. The second kappa shape index (κ2) is 12.0. The molecule has 8 rings (SSSR count). The number of carbonyl (C=O) groups excluding carboxylic acids is 2. The molecule has 6 aromatic rings. The van der Waals surface area contributed by atoms with Crippen LogP contribution in [0.2, 0.25) is 0 Å². The van der Waals surface area contributed by atoms with E-state index in [1.165, 1.54) is 28.7 Å². The third-order valence-corrected chi connectivity index (χ3v) is 10.2. The van der Waals surface area contributed by atoms with Crippen LogP contribution >= 0.6 is 22.7 Å². The summed E-state index contributed by atoms with van der Waals surface area (Å²) in [5.74, 6) is -14.8. The molecule has 17 heteroatoms. The molecule has 1 amide bonds. The Hall–Kier alpha value is -5.29. The van der Waals surface area contributed by atoms with Gasteiger partial charge in [-0.1, -0.05) is 11.3 Å². The Morgan fingerprint density at radius 2 is 1.63 bits per heavy atom. The molecule has 1 fully saturated rings. The van der Waals surface area contributed by atoms with Gasteiger partial charge in [0.2, 0.25) is 34.8 Å². The highest BCUT2D eigenvalue weighted by molar-refractivity contribution is 7.20. The average Bonchev–Trinajstić information content (AvgIpc) is 3.95. The van der Waals surface area contributed by atoms with Gasteiger partial charge in [0.15, 0.2) is 15.1 Å². The van der Waals surface area contributed by atoms with E-state index >= 15 is 0 Å². The minimum absolute atomic E-state index is 0.260. The summed E-state index contributed by atoms with van der Waals surface area (Å²) in [7, 11) is 0. The summed E-state index contributed by atoms with van der Waals surface area (Å²) < 4.78 is 74.1. The summed E-state index contributed by atoms with van der Waals surface area (Å²) in [5.41, 5.74) is 2.64. The minimum Gasteiger partial charge on any atom is -0.415 e. The molecule has 10 nitrogen and oxygen atoms in total. The van der Waals surface area contributed by atoms with Crippen molar-refractivity contribution in [3.8, 4) is 5.75 Å². The van der Waals surface area contributed by atoms with Crippen LogP contribution in [0.3, 0.4) is 0 Å². The number of hydrogen-bond donors (Lipinski definition) is 1. The van der Waals surface area contributed by atoms with Gasteiger partial charge in [0.25, 0.3) is 5.91 Å². The van der Waals surface area contributed by atoms with Gasteiger partial charge in [0, 0.05) is 36.2 Å². The summed E-state index contributed by atoms with van der Waals surface area (Å²) in [5, 5.41) is 11.1. The van der Waals surface area contributed by atoms with E-state index < -0.39 is 40.8 Å². The number of hydrogen-bond acceptors (Lipinski definition) is 10. The van der Waals surface area contributed by atoms with Crippen LogP contribution in [0.4, 0.5) is 43.5 Å². The maximum absolute atomic E-state index is 14.1. The third kappa shape index (κ3) is 5.38. The van der Waals surface area contributed by atoms with Crippen LogP contribution < -0.4 is 14.5 Å². The topological polar surface area (TPSA) is 116 Å². The molecule has 49 heavy (non-hydrogen) atoms. The van der Waals surface area contributed by atoms with Crippen molar-refractivity contribution in [3.05, 3.63) is 87.9 Å². The molecule has 3 aromatic heterocycles. The molecule has 1 N–H and O–H groups in total. The number of amides is 1.